The van der Waals surface area contributed by atoms with Gasteiger partial charge in [0, 0.05) is 12.2 Å². The molecular formula is C20H26N2O. The summed E-state index contributed by atoms with van der Waals surface area (Å²) in [7, 11) is 0. The van der Waals surface area contributed by atoms with Crippen molar-refractivity contribution < 1.29 is 4.79 Å². The molecule has 2 aromatic carbocycles. The van der Waals surface area contributed by atoms with E-state index >= 15 is 0 Å². The minimum Gasteiger partial charge on any atom is -0.338 e. The fourth-order valence-corrected chi connectivity index (χ4v) is 2.30. The summed E-state index contributed by atoms with van der Waals surface area (Å²) < 4.78 is 0. The predicted molar refractivity (Wildman–Crippen MR) is 97.0 cm³/mol. The van der Waals surface area contributed by atoms with Gasteiger partial charge in [-0.3, -0.25) is 0 Å². The highest BCUT2D eigenvalue weighted by Crippen LogP contribution is 2.23. The molecule has 0 atom stereocenters. The van der Waals surface area contributed by atoms with Crippen LogP contribution >= 0.6 is 0 Å². The van der Waals surface area contributed by atoms with Crippen molar-refractivity contribution in [3.05, 3.63) is 65.2 Å². The number of aryl methyl sites for hydroxylation is 1. The van der Waals surface area contributed by atoms with Crippen LogP contribution in [-0.4, -0.2) is 12.6 Å². The molecule has 2 amide bonds. The molecule has 122 valence electrons. The fraction of sp³-hybridized carbons (Fsp3) is 0.350. The van der Waals surface area contributed by atoms with Gasteiger partial charge in [0.05, 0.1) is 0 Å². The summed E-state index contributed by atoms with van der Waals surface area (Å²) in [6.45, 7) is 9.21. The average Bonchev–Trinajstić information content (AvgIpc) is 2.49. The Balaban J connectivity index is 1.79. The lowest BCUT2D eigenvalue weighted by Gasteiger charge is -2.19. The molecule has 2 N–H and O–H groups in total. The van der Waals surface area contributed by atoms with Crippen LogP contribution in [0.15, 0.2) is 48.5 Å². The van der Waals surface area contributed by atoms with Crippen LogP contribution in [0.2, 0.25) is 0 Å². The van der Waals surface area contributed by atoms with E-state index < -0.39 is 0 Å². The van der Waals surface area contributed by atoms with E-state index in [0.29, 0.717) is 6.54 Å². The molecule has 0 radical (unpaired) electrons. The lowest BCUT2D eigenvalue weighted by atomic mass is 9.87. The summed E-state index contributed by atoms with van der Waals surface area (Å²) >= 11 is 0. The van der Waals surface area contributed by atoms with Gasteiger partial charge in [-0.05, 0) is 42.0 Å². The lowest BCUT2D eigenvalue weighted by Crippen LogP contribution is -2.30. The van der Waals surface area contributed by atoms with Crippen LogP contribution in [0.4, 0.5) is 10.5 Å². The first-order valence-electron chi connectivity index (χ1n) is 8.05. The van der Waals surface area contributed by atoms with Crippen molar-refractivity contribution in [1.82, 2.24) is 5.32 Å². The van der Waals surface area contributed by atoms with Gasteiger partial charge in [0.15, 0.2) is 0 Å². The number of urea groups is 1. The molecule has 0 aromatic heterocycles. The van der Waals surface area contributed by atoms with Gasteiger partial charge in [-0.15, -0.1) is 0 Å². The number of anilines is 1. The predicted octanol–water partition coefficient (Wildman–Crippen LogP) is 4.66. The molecule has 0 bridgehead atoms. The molecule has 23 heavy (non-hydrogen) atoms. The molecule has 2 rings (SSSR count). The van der Waals surface area contributed by atoms with Crippen molar-refractivity contribution in [3.63, 3.8) is 0 Å². The van der Waals surface area contributed by atoms with E-state index in [-0.39, 0.29) is 11.4 Å². The zero-order valence-electron chi connectivity index (χ0n) is 14.4. The number of carbonyl (C=O) groups is 1. The van der Waals surface area contributed by atoms with Crippen molar-refractivity contribution >= 4 is 11.7 Å². The van der Waals surface area contributed by atoms with E-state index in [0.717, 1.165) is 12.1 Å². The number of hydrogen-bond donors (Lipinski definition) is 2. The summed E-state index contributed by atoms with van der Waals surface area (Å²) in [5.74, 6) is 0. The summed E-state index contributed by atoms with van der Waals surface area (Å²) in [6, 6.07) is 16.2. The van der Waals surface area contributed by atoms with Crippen molar-refractivity contribution in [2.75, 3.05) is 11.9 Å². The third kappa shape index (κ3) is 5.44. The highest BCUT2D eigenvalue weighted by molar-refractivity contribution is 5.89. The van der Waals surface area contributed by atoms with E-state index in [9.17, 15) is 4.79 Å². The van der Waals surface area contributed by atoms with Gasteiger partial charge in [0.1, 0.15) is 0 Å². The summed E-state index contributed by atoms with van der Waals surface area (Å²) in [5, 5.41) is 5.75. The molecule has 0 saturated carbocycles. The zero-order chi connectivity index (χ0) is 16.9. The Morgan fingerprint density at radius 3 is 2.13 bits per heavy atom. The number of carbonyl (C=O) groups excluding carboxylic acids is 1. The van der Waals surface area contributed by atoms with Crippen LogP contribution in [0.1, 0.15) is 37.5 Å². The SMILES string of the molecule is Cc1ccc(CCNC(=O)Nc2ccc(C(C)(C)C)cc2)cc1. The minimum atomic E-state index is -0.166. The van der Waals surface area contributed by atoms with E-state index in [1.54, 1.807) is 0 Å². The molecular weight excluding hydrogens is 284 g/mol. The zero-order valence-corrected chi connectivity index (χ0v) is 14.4. The highest BCUT2D eigenvalue weighted by atomic mass is 16.2. The van der Waals surface area contributed by atoms with Gasteiger partial charge in [-0.1, -0.05) is 62.7 Å². The van der Waals surface area contributed by atoms with Gasteiger partial charge in [-0.25, -0.2) is 4.79 Å². The maximum Gasteiger partial charge on any atom is 0.319 e. The van der Waals surface area contributed by atoms with Gasteiger partial charge < -0.3 is 10.6 Å². The lowest BCUT2D eigenvalue weighted by molar-refractivity contribution is 0.252. The molecule has 0 aliphatic heterocycles. The molecule has 0 spiro atoms. The van der Waals surface area contributed by atoms with E-state index in [4.69, 9.17) is 0 Å². The van der Waals surface area contributed by atoms with Crippen LogP contribution < -0.4 is 10.6 Å². The second kappa shape index (κ2) is 7.32. The minimum absolute atomic E-state index is 0.120. The smallest absolute Gasteiger partial charge is 0.319 e. The fourth-order valence-electron chi connectivity index (χ4n) is 2.30. The summed E-state index contributed by atoms with van der Waals surface area (Å²) in [6.07, 6.45) is 0.830. The van der Waals surface area contributed by atoms with Gasteiger partial charge in [0.25, 0.3) is 0 Å². The Bertz CT molecular complexity index is 637. The van der Waals surface area contributed by atoms with E-state index in [1.165, 1.54) is 16.7 Å². The topological polar surface area (TPSA) is 41.1 Å². The maximum absolute atomic E-state index is 11.9. The Morgan fingerprint density at radius 2 is 1.57 bits per heavy atom. The number of nitrogens with one attached hydrogen (secondary N) is 2. The first-order valence-corrected chi connectivity index (χ1v) is 8.05. The first-order chi connectivity index (χ1) is 10.8. The monoisotopic (exact) mass is 310 g/mol. The number of amides is 2. The quantitative estimate of drug-likeness (QED) is 0.847. The Hall–Kier alpha value is -2.29. The normalized spacial score (nSPS) is 11.1. The van der Waals surface area contributed by atoms with Crippen LogP contribution in [0.25, 0.3) is 0 Å². The Morgan fingerprint density at radius 1 is 0.957 bits per heavy atom. The average molecular weight is 310 g/mol. The number of hydrogen-bond acceptors (Lipinski definition) is 1. The molecule has 0 saturated heterocycles. The molecule has 0 fully saturated rings. The maximum atomic E-state index is 11.9. The largest absolute Gasteiger partial charge is 0.338 e. The van der Waals surface area contributed by atoms with Gasteiger partial charge >= 0.3 is 6.03 Å². The van der Waals surface area contributed by atoms with Crippen molar-refractivity contribution in [3.8, 4) is 0 Å². The van der Waals surface area contributed by atoms with E-state index in [1.807, 2.05) is 12.1 Å². The van der Waals surface area contributed by atoms with Crippen LogP contribution in [-0.2, 0) is 11.8 Å². The van der Waals surface area contributed by atoms with Crippen molar-refractivity contribution in [2.24, 2.45) is 0 Å². The Kier molecular flexibility index (Phi) is 5.43. The molecule has 0 aliphatic carbocycles. The number of benzene rings is 2. The third-order valence-corrected chi connectivity index (χ3v) is 3.83. The van der Waals surface area contributed by atoms with Gasteiger partial charge in [-0.2, -0.15) is 0 Å². The standard InChI is InChI=1S/C20H26N2O/c1-15-5-7-16(8-6-15)13-14-21-19(23)22-18-11-9-17(10-12-18)20(2,3)4/h5-12H,13-14H2,1-4H3,(H2,21,22,23). The molecule has 2 aromatic rings. The molecule has 0 heterocycles. The number of rotatable bonds is 4. The molecule has 3 nitrogen and oxygen atoms in total. The second-order valence-electron chi connectivity index (χ2n) is 6.94. The summed E-state index contributed by atoms with van der Waals surface area (Å²) in [5.41, 5.74) is 4.66. The molecule has 0 unspecified atom stereocenters. The molecule has 3 heteroatoms. The van der Waals surface area contributed by atoms with E-state index in [2.05, 4.69) is 74.7 Å². The Labute approximate surface area is 139 Å². The first kappa shape index (κ1) is 17.1. The summed E-state index contributed by atoms with van der Waals surface area (Å²) in [4.78, 5) is 11.9. The van der Waals surface area contributed by atoms with Crippen LogP contribution in [0.5, 0.6) is 0 Å². The second-order valence-corrected chi connectivity index (χ2v) is 6.94. The van der Waals surface area contributed by atoms with Crippen molar-refractivity contribution in [1.29, 1.82) is 0 Å². The highest BCUT2D eigenvalue weighted by Gasteiger charge is 2.13. The van der Waals surface area contributed by atoms with Crippen LogP contribution in [0.3, 0.4) is 0 Å². The molecule has 0 aliphatic rings. The van der Waals surface area contributed by atoms with Crippen molar-refractivity contribution in [2.45, 2.75) is 39.5 Å². The van der Waals surface area contributed by atoms with Crippen LogP contribution in [0, 0.1) is 6.92 Å². The van der Waals surface area contributed by atoms with Gasteiger partial charge in [0.2, 0.25) is 0 Å². The third-order valence-electron chi connectivity index (χ3n) is 3.83.